The van der Waals surface area contributed by atoms with Gasteiger partial charge in [0.2, 0.25) is 17.7 Å². The highest BCUT2D eigenvalue weighted by Gasteiger charge is 2.39. The predicted molar refractivity (Wildman–Crippen MR) is 137 cm³/mol. The number of carbonyl (C=O) groups excluding carboxylic acids is 4. The van der Waals surface area contributed by atoms with Gasteiger partial charge in [-0.05, 0) is 59.9 Å². The molecule has 2 unspecified atom stereocenters. The number of aryl methyl sites for hydroxylation is 1. The average Bonchev–Trinajstić information content (AvgIpc) is 2.75. The summed E-state index contributed by atoms with van der Waals surface area (Å²) in [5.41, 5.74) is 5.31. The van der Waals surface area contributed by atoms with Gasteiger partial charge in [-0.3, -0.25) is 14.4 Å². The summed E-state index contributed by atoms with van der Waals surface area (Å²) in [7, 11) is 0. The van der Waals surface area contributed by atoms with Gasteiger partial charge >= 0.3 is 6.09 Å². The number of carbonyl (C=O) groups is 4. The van der Waals surface area contributed by atoms with E-state index < -0.39 is 47.5 Å². The van der Waals surface area contributed by atoms with E-state index in [1.807, 2.05) is 6.92 Å². The number of unbranched alkanes of at least 4 members (excludes halogenated alkanes) is 1. The van der Waals surface area contributed by atoms with Gasteiger partial charge in [-0.15, -0.1) is 0 Å². The molecule has 5 N–H and O–H groups in total. The Morgan fingerprint density at radius 3 is 2.33 bits per heavy atom. The smallest absolute Gasteiger partial charge is 0.408 e. The molecule has 0 aliphatic carbocycles. The number of nitrogens with one attached hydrogen (secondary N) is 2. The van der Waals surface area contributed by atoms with Crippen molar-refractivity contribution in [2.45, 2.75) is 97.9 Å². The van der Waals surface area contributed by atoms with Gasteiger partial charge in [0.25, 0.3) is 0 Å². The van der Waals surface area contributed by atoms with Crippen LogP contribution in [0.1, 0.15) is 84.4 Å². The van der Waals surface area contributed by atoms with Gasteiger partial charge in [0.1, 0.15) is 23.4 Å². The summed E-state index contributed by atoms with van der Waals surface area (Å²) < 4.78 is 5.30. The van der Waals surface area contributed by atoms with E-state index in [1.54, 1.807) is 59.7 Å². The molecule has 0 saturated carbocycles. The summed E-state index contributed by atoms with van der Waals surface area (Å²) >= 11 is 0. The number of aromatic hydroxyl groups is 1. The van der Waals surface area contributed by atoms with Crippen molar-refractivity contribution in [2.24, 2.45) is 5.73 Å². The standard InChI is InChI=1S/C26H42N4O6/c1-8-9-15-28-23(33)21(18-12-10-11-17(4)22(18)32)30(16(2)3)24(34)19(13-14-20(27)31)29-25(35)36-26(5,6)7/h10-12,16,19,21,32H,8-9,13-15H2,1-7H3,(H2,27,31)(H,28,33)(H,29,35). The quantitative estimate of drug-likeness (QED) is 0.320. The molecule has 0 heterocycles. The van der Waals surface area contributed by atoms with E-state index in [4.69, 9.17) is 10.5 Å². The Balaban J connectivity index is 3.50. The molecule has 10 heteroatoms. The number of amides is 4. The molecule has 36 heavy (non-hydrogen) atoms. The molecule has 2 atom stereocenters. The van der Waals surface area contributed by atoms with Crippen LogP contribution in [-0.4, -0.2) is 58.1 Å². The van der Waals surface area contributed by atoms with Crippen molar-refractivity contribution < 1.29 is 29.0 Å². The molecule has 4 amide bonds. The fourth-order valence-electron chi connectivity index (χ4n) is 3.66. The molecular weight excluding hydrogens is 464 g/mol. The molecule has 10 nitrogen and oxygen atoms in total. The number of hydrogen-bond acceptors (Lipinski definition) is 6. The summed E-state index contributed by atoms with van der Waals surface area (Å²) in [6, 6.07) is 2.12. The average molecular weight is 507 g/mol. The largest absolute Gasteiger partial charge is 0.507 e. The number of para-hydroxylation sites is 1. The minimum atomic E-state index is -1.19. The monoisotopic (exact) mass is 506 g/mol. The Hall–Kier alpha value is -3.30. The first-order chi connectivity index (χ1) is 16.7. The first-order valence-electron chi connectivity index (χ1n) is 12.4. The molecule has 202 valence electrons. The molecule has 0 bridgehead atoms. The lowest BCUT2D eigenvalue weighted by atomic mass is 9.97. The van der Waals surface area contributed by atoms with Gasteiger partial charge in [0, 0.05) is 24.6 Å². The van der Waals surface area contributed by atoms with Crippen molar-refractivity contribution >= 4 is 23.8 Å². The molecule has 1 aromatic carbocycles. The summed E-state index contributed by atoms with van der Waals surface area (Å²) in [6.45, 7) is 12.6. The van der Waals surface area contributed by atoms with Crippen LogP contribution in [-0.2, 0) is 19.1 Å². The lowest BCUT2D eigenvalue weighted by Crippen LogP contribution is -2.55. The fourth-order valence-corrected chi connectivity index (χ4v) is 3.66. The second-order valence-electron chi connectivity index (χ2n) is 10.1. The van der Waals surface area contributed by atoms with Crippen molar-refractivity contribution in [1.29, 1.82) is 0 Å². The third-order valence-electron chi connectivity index (χ3n) is 5.40. The molecule has 0 fully saturated rings. The lowest BCUT2D eigenvalue weighted by molar-refractivity contribution is -0.144. The summed E-state index contributed by atoms with van der Waals surface area (Å²) in [6.07, 6.45) is 0.524. The second-order valence-corrected chi connectivity index (χ2v) is 10.1. The zero-order chi connectivity index (χ0) is 27.6. The second kappa shape index (κ2) is 13.7. The number of alkyl carbamates (subject to hydrolysis) is 1. The molecule has 1 rings (SSSR count). The van der Waals surface area contributed by atoms with Gasteiger partial charge in [-0.2, -0.15) is 0 Å². The molecule has 1 aromatic rings. The zero-order valence-corrected chi connectivity index (χ0v) is 22.5. The van der Waals surface area contributed by atoms with E-state index in [2.05, 4.69) is 10.6 Å². The normalized spacial score (nSPS) is 13.0. The number of primary amides is 1. The number of rotatable bonds is 12. The van der Waals surface area contributed by atoms with Crippen LogP contribution in [0.4, 0.5) is 4.79 Å². The summed E-state index contributed by atoms with van der Waals surface area (Å²) in [4.78, 5) is 52.6. The number of benzene rings is 1. The molecular formula is C26H42N4O6. The molecule has 0 aliphatic heterocycles. The summed E-state index contributed by atoms with van der Waals surface area (Å²) in [5.74, 6) is -1.80. The van der Waals surface area contributed by atoms with Gasteiger partial charge in [0.05, 0.1) is 0 Å². The molecule has 0 aromatic heterocycles. The van der Waals surface area contributed by atoms with Gasteiger partial charge < -0.3 is 31.1 Å². The number of hydrogen-bond donors (Lipinski definition) is 4. The van der Waals surface area contributed by atoms with Crippen molar-refractivity contribution in [3.05, 3.63) is 29.3 Å². The minimum Gasteiger partial charge on any atom is -0.507 e. The molecule has 0 saturated heterocycles. The van der Waals surface area contributed by atoms with E-state index in [0.717, 1.165) is 12.8 Å². The molecule has 0 aliphatic rings. The minimum absolute atomic E-state index is 0.0827. The van der Waals surface area contributed by atoms with Crippen molar-refractivity contribution in [1.82, 2.24) is 15.5 Å². The third-order valence-corrected chi connectivity index (χ3v) is 5.40. The number of phenols is 1. The van der Waals surface area contributed by atoms with Crippen molar-refractivity contribution in [3.8, 4) is 5.75 Å². The maximum absolute atomic E-state index is 13.9. The van der Waals surface area contributed by atoms with E-state index in [0.29, 0.717) is 12.1 Å². The van der Waals surface area contributed by atoms with Gasteiger partial charge in [-0.25, -0.2) is 4.79 Å². The number of nitrogens with zero attached hydrogens (tertiary/aromatic N) is 1. The highest BCUT2D eigenvalue weighted by atomic mass is 16.6. The van der Waals surface area contributed by atoms with E-state index in [1.165, 1.54) is 4.90 Å². The first kappa shape index (κ1) is 30.7. The van der Waals surface area contributed by atoms with Crippen LogP contribution in [0.2, 0.25) is 0 Å². The lowest BCUT2D eigenvalue weighted by Gasteiger charge is -2.37. The maximum atomic E-state index is 13.9. The Labute approximate surface area is 213 Å². The first-order valence-corrected chi connectivity index (χ1v) is 12.4. The molecule has 0 spiro atoms. The number of phenolic OH excluding ortho intramolecular Hbond substituents is 1. The van der Waals surface area contributed by atoms with Crippen LogP contribution in [0.15, 0.2) is 18.2 Å². The highest BCUT2D eigenvalue weighted by Crippen LogP contribution is 2.33. The zero-order valence-electron chi connectivity index (χ0n) is 22.5. The Morgan fingerprint density at radius 2 is 1.81 bits per heavy atom. The Morgan fingerprint density at radius 1 is 1.17 bits per heavy atom. The van der Waals surface area contributed by atoms with Crippen molar-refractivity contribution in [3.63, 3.8) is 0 Å². The van der Waals surface area contributed by atoms with Gasteiger partial charge in [-0.1, -0.05) is 31.5 Å². The van der Waals surface area contributed by atoms with Crippen LogP contribution in [0.25, 0.3) is 0 Å². The van der Waals surface area contributed by atoms with Gasteiger partial charge in [0.15, 0.2) is 0 Å². The van der Waals surface area contributed by atoms with Crippen LogP contribution in [0.5, 0.6) is 5.75 Å². The fraction of sp³-hybridized carbons (Fsp3) is 0.615. The topological polar surface area (TPSA) is 151 Å². The SMILES string of the molecule is CCCCNC(=O)C(c1cccc(C)c1O)N(C(=O)C(CCC(N)=O)NC(=O)OC(C)(C)C)C(C)C. The van der Waals surface area contributed by atoms with Crippen LogP contribution in [0.3, 0.4) is 0 Å². The number of nitrogens with two attached hydrogens (primary N) is 1. The molecule has 0 radical (unpaired) electrons. The Kier molecular flexibility index (Phi) is 11.7. The van der Waals surface area contributed by atoms with Crippen LogP contribution in [0, 0.1) is 6.92 Å². The number of ether oxygens (including phenoxy) is 1. The van der Waals surface area contributed by atoms with Crippen LogP contribution >= 0.6 is 0 Å². The summed E-state index contributed by atoms with van der Waals surface area (Å²) in [5, 5.41) is 16.2. The van der Waals surface area contributed by atoms with Crippen LogP contribution < -0.4 is 16.4 Å². The highest BCUT2D eigenvalue weighted by molar-refractivity contribution is 5.93. The Bertz CT molecular complexity index is 925. The third kappa shape index (κ3) is 9.39. The van der Waals surface area contributed by atoms with E-state index in [9.17, 15) is 24.3 Å². The van der Waals surface area contributed by atoms with E-state index in [-0.39, 0.29) is 24.2 Å². The van der Waals surface area contributed by atoms with Crippen molar-refractivity contribution in [2.75, 3.05) is 6.54 Å². The predicted octanol–water partition coefficient (Wildman–Crippen LogP) is 3.05. The maximum Gasteiger partial charge on any atom is 0.408 e. The van der Waals surface area contributed by atoms with E-state index >= 15 is 0 Å².